The van der Waals surface area contributed by atoms with Crippen LogP contribution in [0.5, 0.6) is 0 Å². The monoisotopic (exact) mass is 1010 g/mol. The molecular formula is C71H85BN2S. The summed E-state index contributed by atoms with van der Waals surface area (Å²) in [5.41, 5.74) is 26.7. The van der Waals surface area contributed by atoms with Crippen LogP contribution in [0.4, 0.5) is 34.1 Å². The summed E-state index contributed by atoms with van der Waals surface area (Å²) in [6.07, 6.45) is 13.7. The Kier molecular flexibility index (Phi) is 10.7. The van der Waals surface area contributed by atoms with Gasteiger partial charge in [0.2, 0.25) is 0 Å². The van der Waals surface area contributed by atoms with Gasteiger partial charge >= 0.3 is 0 Å². The summed E-state index contributed by atoms with van der Waals surface area (Å²) in [6.45, 7) is 39.7. The third kappa shape index (κ3) is 7.42. The molecule has 3 heterocycles. The van der Waals surface area contributed by atoms with E-state index in [1.165, 1.54) is 186 Å². The van der Waals surface area contributed by atoms with Gasteiger partial charge in [0.15, 0.2) is 0 Å². The highest BCUT2D eigenvalue weighted by atomic mass is 32.1. The lowest BCUT2D eigenvalue weighted by Gasteiger charge is -2.48. The lowest BCUT2D eigenvalue weighted by Crippen LogP contribution is -2.62. The zero-order valence-electron chi connectivity index (χ0n) is 48.8. The van der Waals surface area contributed by atoms with E-state index in [1.807, 2.05) is 11.3 Å². The van der Waals surface area contributed by atoms with Gasteiger partial charge in [-0.25, -0.2) is 0 Å². The summed E-state index contributed by atoms with van der Waals surface area (Å²) in [5, 5.41) is 2.78. The molecule has 0 unspecified atom stereocenters. The Morgan fingerprint density at radius 2 is 1.01 bits per heavy atom. The van der Waals surface area contributed by atoms with E-state index in [0.717, 1.165) is 0 Å². The summed E-state index contributed by atoms with van der Waals surface area (Å²) in [4.78, 5) is 5.67. The summed E-state index contributed by atoms with van der Waals surface area (Å²) in [7, 11) is 0. The lowest BCUT2D eigenvalue weighted by molar-refractivity contribution is 0.332. The summed E-state index contributed by atoms with van der Waals surface area (Å²) >= 11 is 2.03. The van der Waals surface area contributed by atoms with E-state index >= 15 is 0 Å². The Morgan fingerprint density at radius 1 is 0.480 bits per heavy atom. The topological polar surface area (TPSA) is 6.48 Å². The summed E-state index contributed by atoms with van der Waals surface area (Å²) in [6, 6.07) is 36.5. The first-order valence-corrected chi connectivity index (χ1v) is 30.3. The molecule has 7 aromatic rings. The zero-order valence-corrected chi connectivity index (χ0v) is 49.6. The molecule has 4 aliphatic carbocycles. The van der Waals surface area contributed by atoms with Crippen molar-refractivity contribution in [1.29, 1.82) is 0 Å². The molecule has 0 spiro atoms. The number of hydrogen-bond donors (Lipinski definition) is 0. The molecule has 2 nitrogen and oxygen atoms in total. The molecule has 0 atom stereocenters. The summed E-state index contributed by atoms with van der Waals surface area (Å²) < 4.78 is 2.80. The molecular weight excluding hydrogens is 924 g/mol. The van der Waals surface area contributed by atoms with Gasteiger partial charge in [-0.2, -0.15) is 0 Å². The van der Waals surface area contributed by atoms with Gasteiger partial charge in [0.25, 0.3) is 6.71 Å². The Morgan fingerprint density at radius 3 is 1.61 bits per heavy atom. The van der Waals surface area contributed by atoms with Crippen LogP contribution in [0.2, 0.25) is 0 Å². The normalized spacial score (nSPS) is 21.5. The second-order valence-corrected chi connectivity index (χ2v) is 31.1. The molecule has 4 heteroatoms. The third-order valence-electron chi connectivity index (χ3n) is 21.1. The van der Waals surface area contributed by atoms with E-state index in [-0.39, 0.29) is 44.6 Å². The number of nitrogens with zero attached hydrogens (tertiary/aromatic N) is 2. The van der Waals surface area contributed by atoms with Crippen LogP contribution in [0, 0.1) is 6.92 Å². The van der Waals surface area contributed by atoms with E-state index in [1.54, 1.807) is 5.56 Å². The van der Waals surface area contributed by atoms with Crippen molar-refractivity contribution < 1.29 is 0 Å². The highest BCUT2D eigenvalue weighted by Gasteiger charge is 2.49. The molecule has 0 amide bonds. The van der Waals surface area contributed by atoms with Crippen molar-refractivity contribution >= 4 is 88.7 Å². The standard InChI is InChI=1S/C71H85BN2S/c1-42-34-50-53(70(13,14)32-30-67(50,7)8)40-57(42)74-60-36-44(43-20-18-17-19-21-43)35-59-62(60)72(55-26-24-47-48-37-45(65(2,3)4)22-27-61(48)75-64(47)63(55)74)56-39-52-54(71(15,16)33-31-69(52,11)12)41-58(56)73(59)46-23-25-49-51(38-46)68(9,10)29-28-66(49,5)6/h22-27,34-41,43H,17-21,28-33H2,1-16H3. The second-order valence-electron chi connectivity index (χ2n) is 30.0. The molecule has 1 saturated carbocycles. The molecule has 1 fully saturated rings. The molecule has 13 rings (SSSR count). The number of thiophene rings is 1. The number of hydrogen-bond acceptors (Lipinski definition) is 3. The van der Waals surface area contributed by atoms with E-state index in [4.69, 9.17) is 0 Å². The van der Waals surface area contributed by atoms with Crippen molar-refractivity contribution in [3.05, 3.63) is 135 Å². The van der Waals surface area contributed by atoms with Gasteiger partial charge in [0.1, 0.15) is 0 Å². The van der Waals surface area contributed by atoms with E-state index in [9.17, 15) is 0 Å². The van der Waals surface area contributed by atoms with Crippen molar-refractivity contribution in [1.82, 2.24) is 0 Å². The van der Waals surface area contributed by atoms with Crippen molar-refractivity contribution in [2.75, 3.05) is 9.80 Å². The van der Waals surface area contributed by atoms with Crippen LogP contribution in [-0.2, 0) is 37.9 Å². The number of rotatable bonds is 3. The summed E-state index contributed by atoms with van der Waals surface area (Å²) in [5.74, 6) is 0.525. The fourth-order valence-electron chi connectivity index (χ4n) is 15.7. The van der Waals surface area contributed by atoms with Crippen LogP contribution in [0.3, 0.4) is 0 Å². The molecule has 0 saturated heterocycles. The highest BCUT2D eigenvalue weighted by Crippen LogP contribution is 2.56. The maximum absolute atomic E-state index is 2.86. The maximum Gasteiger partial charge on any atom is 0.252 e. The van der Waals surface area contributed by atoms with Crippen LogP contribution >= 0.6 is 11.3 Å². The van der Waals surface area contributed by atoms with Crippen LogP contribution in [-0.4, -0.2) is 6.71 Å². The molecule has 75 heavy (non-hydrogen) atoms. The number of benzene rings is 6. The lowest BCUT2D eigenvalue weighted by atomic mass is 9.33. The minimum atomic E-state index is 0.0531. The predicted molar refractivity (Wildman–Crippen MR) is 328 cm³/mol. The zero-order chi connectivity index (χ0) is 52.9. The second kappa shape index (κ2) is 16.1. The fourth-order valence-corrected chi connectivity index (χ4v) is 16.9. The number of fused-ring (bicyclic) bond motifs is 11. The van der Waals surface area contributed by atoms with Gasteiger partial charge in [-0.3, -0.25) is 0 Å². The number of anilines is 6. The molecule has 388 valence electrons. The van der Waals surface area contributed by atoms with E-state index < -0.39 is 0 Å². The first kappa shape index (κ1) is 49.8. The Bertz CT molecular complexity index is 3560. The molecule has 6 aliphatic rings. The molecule has 0 N–H and O–H groups in total. The van der Waals surface area contributed by atoms with Crippen LogP contribution in [0.15, 0.2) is 84.9 Å². The van der Waals surface area contributed by atoms with Crippen molar-refractivity contribution in [2.24, 2.45) is 0 Å². The first-order chi connectivity index (χ1) is 35.2. The van der Waals surface area contributed by atoms with Gasteiger partial charge in [-0.1, -0.05) is 160 Å². The van der Waals surface area contributed by atoms with Crippen molar-refractivity contribution in [3.63, 3.8) is 0 Å². The molecule has 6 aromatic carbocycles. The van der Waals surface area contributed by atoms with Gasteiger partial charge in [0, 0.05) is 43.9 Å². The van der Waals surface area contributed by atoms with Gasteiger partial charge in [0.05, 0.1) is 10.4 Å². The smallest absolute Gasteiger partial charge is 0.252 e. The van der Waals surface area contributed by atoms with Crippen molar-refractivity contribution in [3.8, 4) is 0 Å². The number of aryl methyl sites for hydroxylation is 1. The highest BCUT2D eigenvalue weighted by molar-refractivity contribution is 7.26. The first-order valence-electron chi connectivity index (χ1n) is 29.4. The fraction of sp³-hybridized carbons (Fsp3) is 0.493. The van der Waals surface area contributed by atoms with Crippen LogP contribution in [0.25, 0.3) is 20.2 Å². The molecule has 1 aromatic heterocycles. The van der Waals surface area contributed by atoms with E-state index in [0.29, 0.717) is 5.92 Å². The van der Waals surface area contributed by atoms with Crippen LogP contribution in [0.1, 0.15) is 230 Å². The Labute approximate surface area is 456 Å². The Balaban J connectivity index is 1.19. The minimum Gasteiger partial charge on any atom is -0.311 e. The third-order valence-corrected chi connectivity index (χ3v) is 22.3. The van der Waals surface area contributed by atoms with Gasteiger partial charge in [-0.05, 0) is 217 Å². The average Bonchev–Trinajstić information content (AvgIpc) is 3.78. The molecule has 0 radical (unpaired) electrons. The quantitative estimate of drug-likeness (QED) is 0.163. The maximum atomic E-state index is 2.86. The minimum absolute atomic E-state index is 0.0531. The SMILES string of the molecule is Cc1cc2c(cc1N1c3cc(C4CCCCC4)cc4c3B(c3cc5c(cc3N4c3ccc4c(c3)C(C)(C)CCC4(C)C)C(C)(C)CCC5(C)C)c3ccc4c(sc5ccc(C(C)(C)C)cc54)c31)C(C)(C)CCC2(C)C. The average molecular weight is 1010 g/mol. The van der Waals surface area contributed by atoms with Gasteiger partial charge in [-0.15, -0.1) is 11.3 Å². The van der Waals surface area contributed by atoms with Crippen molar-refractivity contribution in [2.45, 2.75) is 225 Å². The van der Waals surface area contributed by atoms with E-state index in [2.05, 4.69) is 206 Å². The predicted octanol–water partition coefficient (Wildman–Crippen LogP) is 18.8. The van der Waals surface area contributed by atoms with Crippen LogP contribution < -0.4 is 26.2 Å². The Hall–Kier alpha value is -4.80. The largest absolute Gasteiger partial charge is 0.311 e. The molecule has 0 bridgehead atoms. The van der Waals surface area contributed by atoms with Gasteiger partial charge < -0.3 is 9.80 Å². The molecule has 2 aliphatic heterocycles.